The van der Waals surface area contributed by atoms with E-state index >= 15 is 0 Å². The summed E-state index contributed by atoms with van der Waals surface area (Å²) in [7, 11) is 0. The Bertz CT molecular complexity index is 423. The van der Waals surface area contributed by atoms with E-state index in [1.165, 1.54) is 0 Å². The lowest BCUT2D eigenvalue weighted by molar-refractivity contribution is -0.143. The predicted molar refractivity (Wildman–Crippen MR) is 106 cm³/mol. The monoisotopic (exact) mass is 384 g/mol. The van der Waals surface area contributed by atoms with Gasteiger partial charge in [0.1, 0.15) is 5.78 Å². The van der Waals surface area contributed by atoms with Gasteiger partial charge >= 0.3 is 5.97 Å². The van der Waals surface area contributed by atoms with E-state index in [4.69, 9.17) is 4.74 Å². The van der Waals surface area contributed by atoms with Crippen molar-refractivity contribution in [1.29, 1.82) is 0 Å². The number of unbranched alkanes of at least 4 members (excludes halogenated alkanes) is 5. The number of ether oxygens (including phenoxy) is 1. The minimum Gasteiger partial charge on any atom is -0.466 e. The third kappa shape index (κ3) is 9.70. The van der Waals surface area contributed by atoms with Crippen LogP contribution in [0.4, 0.5) is 0 Å². The van der Waals surface area contributed by atoms with Gasteiger partial charge in [-0.1, -0.05) is 45.4 Å². The fraction of sp³-hybridized carbons (Fsp3) is 0.909. The third-order valence-electron chi connectivity index (χ3n) is 5.76. The molecular weight excluding hydrogens is 344 g/mol. The van der Waals surface area contributed by atoms with E-state index in [-0.39, 0.29) is 36.1 Å². The van der Waals surface area contributed by atoms with Crippen molar-refractivity contribution < 1.29 is 24.5 Å². The summed E-state index contributed by atoms with van der Waals surface area (Å²) >= 11 is 0. The molecule has 1 aliphatic rings. The molecule has 1 rings (SSSR count). The van der Waals surface area contributed by atoms with E-state index < -0.39 is 6.10 Å². The Balaban J connectivity index is 2.26. The average Bonchev–Trinajstić information content (AvgIpc) is 2.89. The lowest BCUT2D eigenvalue weighted by Gasteiger charge is -2.22. The highest BCUT2D eigenvalue weighted by Gasteiger charge is 2.40. The van der Waals surface area contributed by atoms with Gasteiger partial charge in [0.25, 0.3) is 0 Å². The molecule has 0 radical (unpaired) electrons. The van der Waals surface area contributed by atoms with Crippen molar-refractivity contribution in [1.82, 2.24) is 0 Å². The molecule has 0 heterocycles. The highest BCUT2D eigenvalue weighted by atomic mass is 16.5. The minimum atomic E-state index is -0.547. The van der Waals surface area contributed by atoms with E-state index in [1.807, 2.05) is 6.92 Å². The Kier molecular flexibility index (Phi) is 12.6. The maximum Gasteiger partial charge on any atom is 0.305 e. The number of aliphatic hydroxyl groups excluding tert-OH is 2. The Labute approximate surface area is 164 Å². The number of hydrogen-bond donors (Lipinski definition) is 2. The van der Waals surface area contributed by atoms with Gasteiger partial charge in [-0.2, -0.15) is 0 Å². The molecule has 0 aromatic heterocycles. The van der Waals surface area contributed by atoms with Crippen LogP contribution in [0.15, 0.2) is 0 Å². The van der Waals surface area contributed by atoms with Crippen LogP contribution < -0.4 is 0 Å². The quantitative estimate of drug-likeness (QED) is 0.327. The Hall–Kier alpha value is -0.940. The van der Waals surface area contributed by atoms with Gasteiger partial charge in [0, 0.05) is 18.8 Å². The number of ketones is 1. The van der Waals surface area contributed by atoms with Gasteiger partial charge in [0.2, 0.25) is 0 Å². The highest BCUT2D eigenvalue weighted by Crippen LogP contribution is 2.36. The molecule has 0 amide bonds. The first-order chi connectivity index (χ1) is 13.0. The number of carbonyl (C=O) groups is 2. The second-order valence-electron chi connectivity index (χ2n) is 7.99. The van der Waals surface area contributed by atoms with Crippen LogP contribution in [0.25, 0.3) is 0 Å². The van der Waals surface area contributed by atoms with E-state index in [0.717, 1.165) is 64.2 Å². The first-order valence-electron chi connectivity index (χ1n) is 11.0. The van der Waals surface area contributed by atoms with Crippen molar-refractivity contribution in [2.24, 2.45) is 11.8 Å². The SMILES string of the molecule is CCCCCC(O)CC[C@H]1[C@H](O)CC(=O)[C@H]1CCCCCCC(=O)OCC. The zero-order valence-electron chi connectivity index (χ0n) is 17.3. The second kappa shape index (κ2) is 14.1. The van der Waals surface area contributed by atoms with Gasteiger partial charge in [-0.15, -0.1) is 0 Å². The van der Waals surface area contributed by atoms with Crippen molar-refractivity contribution in [2.75, 3.05) is 6.61 Å². The van der Waals surface area contributed by atoms with E-state index in [2.05, 4.69) is 6.92 Å². The Morgan fingerprint density at radius 3 is 2.52 bits per heavy atom. The second-order valence-corrected chi connectivity index (χ2v) is 7.99. The molecule has 5 heteroatoms. The van der Waals surface area contributed by atoms with Gasteiger partial charge < -0.3 is 14.9 Å². The van der Waals surface area contributed by atoms with Crippen LogP contribution in [-0.2, 0) is 14.3 Å². The van der Waals surface area contributed by atoms with Gasteiger partial charge in [0.05, 0.1) is 18.8 Å². The molecule has 2 N–H and O–H groups in total. The maximum atomic E-state index is 12.2. The molecule has 0 saturated heterocycles. The summed E-state index contributed by atoms with van der Waals surface area (Å²) in [5, 5.41) is 20.4. The molecular formula is C22H40O5. The molecule has 5 nitrogen and oxygen atoms in total. The average molecular weight is 385 g/mol. The highest BCUT2D eigenvalue weighted by molar-refractivity contribution is 5.84. The fourth-order valence-corrected chi connectivity index (χ4v) is 4.16. The lowest BCUT2D eigenvalue weighted by atomic mass is 9.85. The van der Waals surface area contributed by atoms with Gasteiger partial charge in [-0.05, 0) is 44.9 Å². The smallest absolute Gasteiger partial charge is 0.305 e. The number of Topliss-reactive ketones (excluding diaryl/α,β-unsaturated/α-hetero) is 1. The first-order valence-corrected chi connectivity index (χ1v) is 11.0. The summed E-state index contributed by atoms with van der Waals surface area (Å²) in [5.41, 5.74) is 0. The van der Waals surface area contributed by atoms with E-state index in [1.54, 1.807) is 0 Å². The molecule has 0 bridgehead atoms. The molecule has 27 heavy (non-hydrogen) atoms. The maximum absolute atomic E-state index is 12.2. The molecule has 4 atom stereocenters. The number of carbonyl (C=O) groups excluding carboxylic acids is 2. The molecule has 1 unspecified atom stereocenters. The Morgan fingerprint density at radius 2 is 1.81 bits per heavy atom. The standard InChI is InChI=1S/C22H40O5/c1-3-5-8-11-17(23)14-15-19-18(20(24)16-21(19)25)12-9-6-7-10-13-22(26)27-4-2/h17-19,21,23,25H,3-16H2,1-2H3/t17?,18-,19+,21+/m0/s1. The van der Waals surface area contributed by atoms with E-state index in [0.29, 0.717) is 19.4 Å². The number of hydrogen-bond acceptors (Lipinski definition) is 5. The minimum absolute atomic E-state index is 0.00198. The molecule has 1 fully saturated rings. The normalized spacial score (nSPS) is 23.6. The molecule has 0 aromatic rings. The summed E-state index contributed by atoms with van der Waals surface area (Å²) in [6.07, 6.45) is 9.95. The lowest BCUT2D eigenvalue weighted by Crippen LogP contribution is -2.22. The van der Waals surface area contributed by atoms with Crippen LogP contribution in [0.1, 0.15) is 97.3 Å². The van der Waals surface area contributed by atoms with E-state index in [9.17, 15) is 19.8 Å². The summed E-state index contributed by atoms with van der Waals surface area (Å²) in [6.45, 7) is 4.39. The molecule has 1 aliphatic carbocycles. The van der Waals surface area contributed by atoms with Crippen LogP contribution in [0.3, 0.4) is 0 Å². The molecule has 0 spiro atoms. The van der Waals surface area contributed by atoms with Crippen molar-refractivity contribution in [3.63, 3.8) is 0 Å². The Morgan fingerprint density at radius 1 is 1.07 bits per heavy atom. The van der Waals surface area contributed by atoms with Crippen molar-refractivity contribution in [3.8, 4) is 0 Å². The summed E-state index contributed by atoms with van der Waals surface area (Å²) in [5.74, 6) is -0.0191. The zero-order valence-corrected chi connectivity index (χ0v) is 17.3. The zero-order chi connectivity index (χ0) is 20.1. The van der Waals surface area contributed by atoms with Gasteiger partial charge in [-0.3, -0.25) is 9.59 Å². The topological polar surface area (TPSA) is 83.8 Å². The molecule has 1 saturated carbocycles. The van der Waals surface area contributed by atoms with Crippen LogP contribution in [-0.4, -0.2) is 40.8 Å². The summed E-state index contributed by atoms with van der Waals surface area (Å²) in [6, 6.07) is 0. The van der Waals surface area contributed by atoms with Crippen molar-refractivity contribution in [2.45, 2.75) is 110 Å². The van der Waals surface area contributed by atoms with Crippen LogP contribution in [0.2, 0.25) is 0 Å². The van der Waals surface area contributed by atoms with Crippen LogP contribution >= 0.6 is 0 Å². The van der Waals surface area contributed by atoms with Gasteiger partial charge in [0.15, 0.2) is 0 Å². The van der Waals surface area contributed by atoms with Gasteiger partial charge in [-0.25, -0.2) is 0 Å². The van der Waals surface area contributed by atoms with Crippen LogP contribution in [0, 0.1) is 11.8 Å². The predicted octanol–water partition coefficient (Wildman–Crippen LogP) is 4.18. The molecule has 158 valence electrons. The number of esters is 1. The van der Waals surface area contributed by atoms with Crippen molar-refractivity contribution in [3.05, 3.63) is 0 Å². The van der Waals surface area contributed by atoms with Crippen LogP contribution in [0.5, 0.6) is 0 Å². The first kappa shape index (κ1) is 24.1. The summed E-state index contributed by atoms with van der Waals surface area (Å²) in [4.78, 5) is 23.5. The summed E-state index contributed by atoms with van der Waals surface area (Å²) < 4.78 is 4.91. The van der Waals surface area contributed by atoms with Crippen molar-refractivity contribution >= 4 is 11.8 Å². The molecule has 0 aromatic carbocycles. The number of aliphatic hydroxyl groups is 2. The number of rotatable bonds is 15. The molecule has 0 aliphatic heterocycles. The largest absolute Gasteiger partial charge is 0.466 e. The fourth-order valence-electron chi connectivity index (χ4n) is 4.16. The third-order valence-corrected chi connectivity index (χ3v) is 5.76.